The largest absolute Gasteiger partial charge is 0.496 e. The number of rotatable bonds is 5. The third-order valence-corrected chi connectivity index (χ3v) is 5.35. The van der Waals surface area contributed by atoms with Gasteiger partial charge in [0.25, 0.3) is 0 Å². The van der Waals surface area contributed by atoms with E-state index in [0.29, 0.717) is 11.8 Å². The van der Waals surface area contributed by atoms with Crippen molar-refractivity contribution in [2.45, 2.75) is 32.7 Å². The average Bonchev–Trinajstić information content (AvgIpc) is 3.08. The SMILES string of the molecule is COc1ccc2ccccc2c1CN1CCC(Cc2noc(C)n2)CC1. The lowest BCUT2D eigenvalue weighted by Crippen LogP contribution is -2.34. The van der Waals surface area contributed by atoms with Gasteiger partial charge in [-0.25, -0.2) is 0 Å². The number of likely N-dealkylation sites (tertiary alicyclic amines) is 1. The van der Waals surface area contributed by atoms with Crippen molar-refractivity contribution in [3.63, 3.8) is 0 Å². The molecule has 0 spiro atoms. The minimum Gasteiger partial charge on any atom is -0.496 e. The summed E-state index contributed by atoms with van der Waals surface area (Å²) < 4.78 is 10.7. The molecule has 2 heterocycles. The molecule has 3 aromatic rings. The van der Waals surface area contributed by atoms with Gasteiger partial charge in [0.05, 0.1) is 7.11 Å². The fraction of sp³-hybridized carbons (Fsp3) is 0.429. The Morgan fingerprint density at radius 3 is 2.69 bits per heavy atom. The Balaban J connectivity index is 1.43. The van der Waals surface area contributed by atoms with Crippen LogP contribution in [0.5, 0.6) is 5.75 Å². The monoisotopic (exact) mass is 351 g/mol. The van der Waals surface area contributed by atoms with Gasteiger partial charge in [0.2, 0.25) is 5.89 Å². The summed E-state index contributed by atoms with van der Waals surface area (Å²) in [7, 11) is 1.76. The fourth-order valence-electron chi connectivity index (χ4n) is 3.92. The normalized spacial score (nSPS) is 16.2. The number of aromatic nitrogens is 2. The van der Waals surface area contributed by atoms with Gasteiger partial charge in [-0.05, 0) is 48.7 Å². The van der Waals surface area contributed by atoms with Crippen molar-refractivity contribution in [2.75, 3.05) is 20.2 Å². The van der Waals surface area contributed by atoms with Gasteiger partial charge >= 0.3 is 0 Å². The lowest BCUT2D eigenvalue weighted by atomic mass is 9.92. The first kappa shape index (κ1) is 17.0. The molecule has 1 aromatic heterocycles. The number of piperidine rings is 1. The predicted molar refractivity (Wildman–Crippen MR) is 101 cm³/mol. The molecule has 0 aliphatic carbocycles. The van der Waals surface area contributed by atoms with Crippen molar-refractivity contribution in [1.29, 1.82) is 0 Å². The Kier molecular flexibility index (Phi) is 4.89. The second kappa shape index (κ2) is 7.46. The van der Waals surface area contributed by atoms with Gasteiger partial charge in [0.15, 0.2) is 5.82 Å². The highest BCUT2D eigenvalue weighted by molar-refractivity contribution is 5.87. The first-order valence-corrected chi connectivity index (χ1v) is 9.29. The second-order valence-corrected chi connectivity index (χ2v) is 7.12. The summed E-state index contributed by atoms with van der Waals surface area (Å²) in [6, 6.07) is 12.8. The van der Waals surface area contributed by atoms with Crippen molar-refractivity contribution >= 4 is 10.8 Å². The lowest BCUT2D eigenvalue weighted by molar-refractivity contribution is 0.174. The molecule has 26 heavy (non-hydrogen) atoms. The predicted octanol–water partition coefficient (Wildman–Crippen LogP) is 3.99. The van der Waals surface area contributed by atoms with Crippen LogP contribution in [0.4, 0.5) is 0 Å². The fourth-order valence-corrected chi connectivity index (χ4v) is 3.92. The zero-order valence-corrected chi connectivity index (χ0v) is 15.4. The van der Waals surface area contributed by atoms with E-state index in [9.17, 15) is 0 Å². The van der Waals surface area contributed by atoms with Crippen LogP contribution in [0.2, 0.25) is 0 Å². The minimum atomic E-state index is 0.637. The molecule has 0 amide bonds. The van der Waals surface area contributed by atoms with Crippen LogP contribution in [0.3, 0.4) is 0 Å². The van der Waals surface area contributed by atoms with Gasteiger partial charge in [0.1, 0.15) is 5.75 Å². The van der Waals surface area contributed by atoms with E-state index in [4.69, 9.17) is 9.26 Å². The van der Waals surface area contributed by atoms with Crippen LogP contribution in [-0.4, -0.2) is 35.2 Å². The van der Waals surface area contributed by atoms with Gasteiger partial charge in [-0.3, -0.25) is 4.90 Å². The Labute approximate surface area is 154 Å². The highest BCUT2D eigenvalue weighted by Gasteiger charge is 2.22. The summed E-state index contributed by atoms with van der Waals surface area (Å²) in [6.07, 6.45) is 3.25. The number of benzene rings is 2. The summed E-state index contributed by atoms with van der Waals surface area (Å²) >= 11 is 0. The highest BCUT2D eigenvalue weighted by atomic mass is 16.5. The third-order valence-electron chi connectivity index (χ3n) is 5.35. The van der Waals surface area contributed by atoms with Crippen molar-refractivity contribution in [3.05, 3.63) is 53.7 Å². The van der Waals surface area contributed by atoms with E-state index in [1.54, 1.807) is 7.11 Å². The lowest BCUT2D eigenvalue weighted by Gasteiger charge is -2.32. The molecule has 0 unspecified atom stereocenters. The van der Waals surface area contributed by atoms with Crippen molar-refractivity contribution in [1.82, 2.24) is 15.0 Å². The molecule has 1 aliphatic rings. The van der Waals surface area contributed by atoms with E-state index in [1.807, 2.05) is 6.92 Å². The summed E-state index contributed by atoms with van der Waals surface area (Å²) in [6.45, 7) is 4.96. The van der Waals surface area contributed by atoms with E-state index < -0.39 is 0 Å². The molecule has 4 rings (SSSR count). The number of methoxy groups -OCH3 is 1. The van der Waals surface area contributed by atoms with E-state index in [2.05, 4.69) is 51.4 Å². The maximum atomic E-state index is 5.64. The molecular formula is C21H25N3O2. The van der Waals surface area contributed by atoms with Crippen LogP contribution in [0.15, 0.2) is 40.9 Å². The van der Waals surface area contributed by atoms with Crippen molar-refractivity contribution in [2.24, 2.45) is 5.92 Å². The van der Waals surface area contributed by atoms with Gasteiger partial charge in [0, 0.05) is 25.5 Å². The number of hydrogen-bond acceptors (Lipinski definition) is 5. The van der Waals surface area contributed by atoms with Gasteiger partial charge in [-0.15, -0.1) is 0 Å². The van der Waals surface area contributed by atoms with Crippen molar-refractivity contribution < 1.29 is 9.26 Å². The quantitative estimate of drug-likeness (QED) is 0.695. The first-order valence-electron chi connectivity index (χ1n) is 9.29. The highest BCUT2D eigenvalue weighted by Crippen LogP contribution is 2.31. The number of nitrogens with zero attached hydrogens (tertiary/aromatic N) is 3. The molecular weight excluding hydrogens is 326 g/mol. The maximum Gasteiger partial charge on any atom is 0.223 e. The average molecular weight is 351 g/mol. The molecule has 2 aromatic carbocycles. The van der Waals surface area contributed by atoms with Crippen LogP contribution in [0.1, 0.15) is 30.1 Å². The van der Waals surface area contributed by atoms with Crippen molar-refractivity contribution in [3.8, 4) is 5.75 Å². The van der Waals surface area contributed by atoms with E-state index >= 15 is 0 Å². The third kappa shape index (κ3) is 3.58. The summed E-state index contributed by atoms with van der Waals surface area (Å²) in [5, 5.41) is 6.59. The van der Waals surface area contributed by atoms with Gasteiger partial charge in [-0.2, -0.15) is 4.98 Å². The molecule has 1 fully saturated rings. The Hall–Kier alpha value is -2.40. The maximum absolute atomic E-state index is 5.64. The molecule has 0 saturated carbocycles. The van der Waals surface area contributed by atoms with Crippen LogP contribution in [0.25, 0.3) is 10.8 Å². The molecule has 0 bridgehead atoms. The van der Waals surface area contributed by atoms with E-state index in [-0.39, 0.29) is 0 Å². The summed E-state index contributed by atoms with van der Waals surface area (Å²) in [5.41, 5.74) is 1.29. The number of aryl methyl sites for hydroxylation is 1. The van der Waals surface area contributed by atoms with Crippen LogP contribution in [-0.2, 0) is 13.0 Å². The Morgan fingerprint density at radius 2 is 1.96 bits per heavy atom. The first-order chi connectivity index (χ1) is 12.7. The van der Waals surface area contributed by atoms with Crippen LogP contribution < -0.4 is 4.74 Å². The molecule has 136 valence electrons. The molecule has 0 N–H and O–H groups in total. The number of hydrogen-bond donors (Lipinski definition) is 0. The Morgan fingerprint density at radius 1 is 1.15 bits per heavy atom. The number of fused-ring (bicyclic) bond motifs is 1. The molecule has 0 atom stereocenters. The van der Waals surface area contributed by atoms with Crippen LogP contribution in [0, 0.1) is 12.8 Å². The Bertz CT molecular complexity index is 882. The molecule has 1 aliphatic heterocycles. The van der Waals surface area contributed by atoms with Gasteiger partial charge in [-0.1, -0.05) is 35.5 Å². The topological polar surface area (TPSA) is 51.4 Å². The standard InChI is InChI=1S/C21H25N3O2/c1-15-22-21(23-26-15)13-16-9-11-24(12-10-16)14-19-18-6-4-3-5-17(18)7-8-20(19)25-2/h3-8,16H,9-14H2,1-2H3. The van der Waals surface area contributed by atoms with Gasteiger partial charge < -0.3 is 9.26 Å². The van der Waals surface area contributed by atoms with E-state index in [1.165, 1.54) is 29.2 Å². The molecule has 5 heteroatoms. The zero-order valence-electron chi connectivity index (χ0n) is 15.4. The second-order valence-electron chi connectivity index (χ2n) is 7.12. The molecule has 5 nitrogen and oxygen atoms in total. The zero-order chi connectivity index (χ0) is 17.9. The number of ether oxygens (including phenoxy) is 1. The summed E-state index contributed by atoms with van der Waals surface area (Å²) in [5.74, 6) is 3.11. The smallest absolute Gasteiger partial charge is 0.223 e. The summed E-state index contributed by atoms with van der Waals surface area (Å²) in [4.78, 5) is 6.87. The molecule has 1 saturated heterocycles. The van der Waals surface area contributed by atoms with E-state index in [0.717, 1.165) is 37.6 Å². The minimum absolute atomic E-state index is 0.637. The molecule has 0 radical (unpaired) electrons. The van der Waals surface area contributed by atoms with Crippen LogP contribution >= 0.6 is 0 Å².